The summed E-state index contributed by atoms with van der Waals surface area (Å²) < 4.78 is 0. The molecule has 1 aromatic carbocycles. The van der Waals surface area contributed by atoms with Crippen molar-refractivity contribution in [2.75, 3.05) is 0 Å². The number of nitrogens with two attached hydrogens (primary N) is 1. The zero-order valence-electron chi connectivity index (χ0n) is 7.72. The van der Waals surface area contributed by atoms with E-state index in [1.54, 1.807) is 0 Å². The largest absolute Gasteiger partial charge is 0.481 e. The lowest BCUT2D eigenvalue weighted by Crippen LogP contribution is -2.11. The fourth-order valence-corrected chi connectivity index (χ4v) is 1.15. The number of carbonyl (C=O) groups is 1. The fraction of sp³-hybridized carbons (Fsp3) is 0.300. The summed E-state index contributed by atoms with van der Waals surface area (Å²) in [6.07, 6.45) is 0.607. The maximum absolute atomic E-state index is 10.3. The number of aliphatic carboxylic acids is 1. The number of hydrogen-bond acceptors (Lipinski definition) is 2. The molecule has 0 saturated carbocycles. The van der Waals surface area contributed by atoms with E-state index >= 15 is 0 Å². The zero-order valence-corrected chi connectivity index (χ0v) is 8.54. The minimum atomic E-state index is -0.800. The van der Waals surface area contributed by atoms with Crippen LogP contribution in [-0.2, 0) is 4.79 Å². The lowest BCUT2D eigenvalue weighted by molar-refractivity contribution is -0.137. The monoisotopic (exact) mass is 215 g/mol. The van der Waals surface area contributed by atoms with E-state index in [0.717, 1.165) is 5.56 Å². The van der Waals surface area contributed by atoms with Crippen molar-refractivity contribution in [1.29, 1.82) is 0 Å². The van der Waals surface area contributed by atoms with E-state index in [0.29, 0.717) is 6.42 Å². The Labute approximate surface area is 89.3 Å². The van der Waals surface area contributed by atoms with E-state index in [4.69, 9.17) is 10.8 Å². The molecule has 1 atom stereocenters. The normalized spacial score (nSPS) is 11.5. The molecule has 0 saturated heterocycles. The van der Waals surface area contributed by atoms with Crippen LogP contribution in [-0.4, -0.2) is 11.1 Å². The average molecular weight is 216 g/mol. The van der Waals surface area contributed by atoms with Gasteiger partial charge in [-0.05, 0) is 12.0 Å². The highest BCUT2D eigenvalue weighted by atomic mass is 35.5. The third-order valence-electron chi connectivity index (χ3n) is 1.90. The Morgan fingerprint density at radius 2 is 1.93 bits per heavy atom. The molecular formula is C10H14ClNO2. The Morgan fingerprint density at radius 1 is 1.36 bits per heavy atom. The van der Waals surface area contributed by atoms with Gasteiger partial charge in [0.25, 0.3) is 0 Å². The van der Waals surface area contributed by atoms with Crippen molar-refractivity contribution < 1.29 is 9.90 Å². The van der Waals surface area contributed by atoms with E-state index in [9.17, 15) is 4.79 Å². The predicted octanol–water partition coefficient (Wildman–Crippen LogP) is 1.97. The summed E-state index contributed by atoms with van der Waals surface area (Å²) in [6.45, 7) is 0. The minimum absolute atomic E-state index is 0. The van der Waals surface area contributed by atoms with Crippen LogP contribution in [0.15, 0.2) is 30.3 Å². The van der Waals surface area contributed by atoms with Gasteiger partial charge in [-0.1, -0.05) is 30.3 Å². The van der Waals surface area contributed by atoms with Crippen molar-refractivity contribution in [2.45, 2.75) is 18.9 Å². The van der Waals surface area contributed by atoms with Crippen LogP contribution in [0, 0.1) is 0 Å². The predicted molar refractivity (Wildman–Crippen MR) is 57.5 cm³/mol. The van der Waals surface area contributed by atoms with Gasteiger partial charge in [0.2, 0.25) is 0 Å². The lowest BCUT2D eigenvalue weighted by Gasteiger charge is -2.09. The number of benzene rings is 1. The molecule has 14 heavy (non-hydrogen) atoms. The van der Waals surface area contributed by atoms with E-state index < -0.39 is 5.97 Å². The average Bonchev–Trinajstić information content (AvgIpc) is 2.15. The third-order valence-corrected chi connectivity index (χ3v) is 1.90. The summed E-state index contributed by atoms with van der Waals surface area (Å²) in [5, 5.41) is 8.45. The molecule has 0 aliphatic heterocycles. The molecule has 0 radical (unpaired) electrons. The van der Waals surface area contributed by atoms with Gasteiger partial charge in [-0.25, -0.2) is 0 Å². The van der Waals surface area contributed by atoms with E-state index in [-0.39, 0.29) is 24.9 Å². The molecular weight excluding hydrogens is 202 g/mol. The number of hydrogen-bond donors (Lipinski definition) is 2. The van der Waals surface area contributed by atoms with Crippen LogP contribution in [0.5, 0.6) is 0 Å². The second kappa shape index (κ2) is 6.40. The highest BCUT2D eigenvalue weighted by Crippen LogP contribution is 2.14. The summed E-state index contributed by atoms with van der Waals surface area (Å²) in [5.74, 6) is -0.800. The molecule has 1 rings (SSSR count). The van der Waals surface area contributed by atoms with Crippen LogP contribution in [0.25, 0.3) is 0 Å². The summed E-state index contributed by atoms with van der Waals surface area (Å²) in [4.78, 5) is 10.3. The van der Waals surface area contributed by atoms with Crippen LogP contribution in [0.4, 0.5) is 0 Å². The topological polar surface area (TPSA) is 63.3 Å². The quantitative estimate of drug-likeness (QED) is 0.807. The Balaban J connectivity index is 0.00000169. The van der Waals surface area contributed by atoms with Crippen molar-refractivity contribution in [2.24, 2.45) is 5.73 Å². The van der Waals surface area contributed by atoms with Gasteiger partial charge in [0.1, 0.15) is 0 Å². The van der Waals surface area contributed by atoms with Crippen LogP contribution >= 0.6 is 12.4 Å². The van der Waals surface area contributed by atoms with Gasteiger partial charge in [-0.15, -0.1) is 12.4 Å². The van der Waals surface area contributed by atoms with E-state index in [1.165, 1.54) is 0 Å². The highest BCUT2D eigenvalue weighted by Gasteiger charge is 2.06. The molecule has 78 valence electrons. The summed E-state index contributed by atoms with van der Waals surface area (Å²) in [6, 6.07) is 9.36. The molecule has 1 unspecified atom stereocenters. The van der Waals surface area contributed by atoms with Crippen LogP contribution in [0.1, 0.15) is 24.4 Å². The molecule has 4 heteroatoms. The first-order chi connectivity index (χ1) is 6.20. The summed E-state index contributed by atoms with van der Waals surface area (Å²) in [7, 11) is 0. The first kappa shape index (κ1) is 12.9. The van der Waals surface area contributed by atoms with Crippen molar-refractivity contribution in [1.82, 2.24) is 0 Å². The summed E-state index contributed by atoms with van der Waals surface area (Å²) in [5.41, 5.74) is 6.77. The van der Waals surface area contributed by atoms with Crippen molar-refractivity contribution in [3.63, 3.8) is 0 Å². The summed E-state index contributed by atoms with van der Waals surface area (Å²) >= 11 is 0. The smallest absolute Gasteiger partial charge is 0.303 e. The molecule has 1 aromatic rings. The van der Waals surface area contributed by atoms with Crippen molar-refractivity contribution in [3.05, 3.63) is 35.9 Å². The first-order valence-corrected chi connectivity index (χ1v) is 4.22. The molecule has 0 heterocycles. The van der Waals surface area contributed by atoms with Gasteiger partial charge in [0, 0.05) is 12.5 Å². The standard InChI is InChI=1S/C10H13NO2.ClH/c11-9(6-7-10(12)13)8-4-2-1-3-5-8;/h1-5,9H,6-7,11H2,(H,12,13);1H. The van der Waals surface area contributed by atoms with Crippen molar-refractivity contribution in [3.8, 4) is 0 Å². The SMILES string of the molecule is Cl.NC(CCC(=O)O)c1ccccc1. The van der Waals surface area contributed by atoms with E-state index in [2.05, 4.69) is 0 Å². The maximum Gasteiger partial charge on any atom is 0.303 e. The number of halogens is 1. The fourth-order valence-electron chi connectivity index (χ4n) is 1.15. The number of rotatable bonds is 4. The first-order valence-electron chi connectivity index (χ1n) is 4.22. The van der Waals surface area contributed by atoms with Crippen LogP contribution < -0.4 is 5.73 Å². The minimum Gasteiger partial charge on any atom is -0.481 e. The molecule has 0 aromatic heterocycles. The molecule has 0 bridgehead atoms. The Morgan fingerprint density at radius 3 is 2.43 bits per heavy atom. The maximum atomic E-state index is 10.3. The molecule has 0 spiro atoms. The molecule has 3 nitrogen and oxygen atoms in total. The molecule has 0 amide bonds. The Hall–Kier alpha value is -1.06. The van der Waals surface area contributed by atoms with Crippen molar-refractivity contribution >= 4 is 18.4 Å². The van der Waals surface area contributed by atoms with Gasteiger partial charge >= 0.3 is 5.97 Å². The van der Waals surface area contributed by atoms with Crippen LogP contribution in [0.2, 0.25) is 0 Å². The third kappa shape index (κ3) is 4.25. The van der Waals surface area contributed by atoms with E-state index in [1.807, 2.05) is 30.3 Å². The second-order valence-electron chi connectivity index (χ2n) is 2.95. The Bertz CT molecular complexity index is 277. The second-order valence-corrected chi connectivity index (χ2v) is 2.95. The van der Waals surface area contributed by atoms with Gasteiger partial charge in [0.15, 0.2) is 0 Å². The highest BCUT2D eigenvalue weighted by molar-refractivity contribution is 5.85. The number of carboxylic acids is 1. The van der Waals surface area contributed by atoms with Gasteiger partial charge in [-0.2, -0.15) is 0 Å². The Kier molecular flexibility index (Phi) is 5.92. The molecule has 0 aliphatic rings. The zero-order chi connectivity index (χ0) is 9.68. The molecule has 0 aliphatic carbocycles. The molecule has 0 fully saturated rings. The van der Waals surface area contributed by atoms with Gasteiger partial charge in [0.05, 0.1) is 0 Å². The molecule has 3 N–H and O–H groups in total. The number of carboxylic acid groups (broad SMARTS) is 1. The van der Waals surface area contributed by atoms with Crippen LogP contribution in [0.3, 0.4) is 0 Å². The lowest BCUT2D eigenvalue weighted by atomic mass is 10.0. The van der Waals surface area contributed by atoms with Gasteiger partial charge in [-0.3, -0.25) is 4.79 Å². The van der Waals surface area contributed by atoms with Gasteiger partial charge < -0.3 is 10.8 Å².